The number of aromatic nitrogens is 3. The van der Waals surface area contributed by atoms with E-state index in [1.54, 1.807) is 6.20 Å². The summed E-state index contributed by atoms with van der Waals surface area (Å²) in [5, 5.41) is 11.2. The fourth-order valence-corrected chi connectivity index (χ4v) is 2.80. The van der Waals surface area contributed by atoms with Gasteiger partial charge in [0, 0.05) is 24.2 Å². The molecule has 2 aromatic heterocycles. The monoisotopic (exact) mass is 324 g/mol. The predicted octanol–water partition coefficient (Wildman–Crippen LogP) is 2.75. The third-order valence-electron chi connectivity index (χ3n) is 3.97. The van der Waals surface area contributed by atoms with Gasteiger partial charge in [-0.3, -0.25) is 9.48 Å². The maximum absolute atomic E-state index is 11.2. The number of carbonyl (C=O) groups excluding carboxylic acids is 1. The number of anilines is 1. The summed E-state index contributed by atoms with van der Waals surface area (Å²) < 4.78 is 12.9. The minimum Gasteiger partial charge on any atom is -0.487 e. The van der Waals surface area contributed by atoms with Crippen LogP contribution in [-0.4, -0.2) is 20.8 Å². The molecular formula is C17H16N4O3. The van der Waals surface area contributed by atoms with E-state index >= 15 is 0 Å². The van der Waals surface area contributed by atoms with E-state index in [1.807, 2.05) is 35.9 Å². The second-order valence-electron chi connectivity index (χ2n) is 5.77. The number of ether oxygens (including phenoxy) is 1. The topological polar surface area (TPSA) is 82.2 Å². The molecule has 0 aliphatic carbocycles. The van der Waals surface area contributed by atoms with Gasteiger partial charge in [0.05, 0.1) is 29.7 Å². The highest BCUT2D eigenvalue weighted by Crippen LogP contribution is 2.30. The molecule has 24 heavy (non-hydrogen) atoms. The molecule has 1 aromatic carbocycles. The van der Waals surface area contributed by atoms with E-state index in [-0.39, 0.29) is 5.91 Å². The van der Waals surface area contributed by atoms with E-state index in [0.29, 0.717) is 13.2 Å². The van der Waals surface area contributed by atoms with Gasteiger partial charge < -0.3 is 14.6 Å². The fraction of sp³-hybridized carbons (Fsp3) is 0.235. The first-order chi connectivity index (χ1) is 11.6. The normalized spacial score (nSPS) is 12.8. The molecule has 0 fully saturated rings. The summed E-state index contributed by atoms with van der Waals surface area (Å²) in [6, 6.07) is 7.64. The molecule has 0 bridgehead atoms. The molecule has 1 aliphatic heterocycles. The van der Waals surface area contributed by atoms with E-state index in [4.69, 9.17) is 9.26 Å². The average Bonchev–Trinajstić information content (AvgIpc) is 3.09. The summed E-state index contributed by atoms with van der Waals surface area (Å²) >= 11 is 0. The second kappa shape index (κ2) is 5.52. The Kier molecular flexibility index (Phi) is 3.34. The molecule has 7 nitrogen and oxygen atoms in total. The molecule has 122 valence electrons. The standard InChI is InChI=1S/C17H16N4O3/c1-10-15(7-18-24-10)16-6-14-9-23-17-5-13(19-11(2)22)4-3-12(17)8-21(14)20-16/h3-7H,8-9H2,1-2H3,(H,19,22). The van der Waals surface area contributed by atoms with Crippen molar-refractivity contribution >= 4 is 11.6 Å². The summed E-state index contributed by atoms with van der Waals surface area (Å²) in [5.41, 5.74) is 4.42. The van der Waals surface area contributed by atoms with Gasteiger partial charge in [-0.05, 0) is 19.1 Å². The molecule has 1 N–H and O–H groups in total. The molecular weight excluding hydrogens is 308 g/mol. The highest BCUT2D eigenvalue weighted by Gasteiger charge is 2.19. The van der Waals surface area contributed by atoms with Crippen molar-refractivity contribution in [2.24, 2.45) is 0 Å². The Morgan fingerprint density at radius 2 is 2.21 bits per heavy atom. The number of aryl methyl sites for hydroxylation is 1. The smallest absolute Gasteiger partial charge is 0.221 e. The molecule has 0 saturated carbocycles. The van der Waals surface area contributed by atoms with Gasteiger partial charge in [-0.25, -0.2) is 0 Å². The minimum atomic E-state index is -0.106. The van der Waals surface area contributed by atoms with Crippen LogP contribution in [0.25, 0.3) is 11.3 Å². The van der Waals surface area contributed by atoms with Crippen LogP contribution in [0.2, 0.25) is 0 Å². The van der Waals surface area contributed by atoms with Crippen LogP contribution in [0.5, 0.6) is 5.75 Å². The van der Waals surface area contributed by atoms with Gasteiger partial charge in [0.1, 0.15) is 18.1 Å². The van der Waals surface area contributed by atoms with E-state index in [9.17, 15) is 4.79 Å². The van der Waals surface area contributed by atoms with Crippen LogP contribution in [0.15, 0.2) is 35.0 Å². The molecule has 3 heterocycles. The summed E-state index contributed by atoms with van der Waals surface area (Å²) in [7, 11) is 0. The van der Waals surface area contributed by atoms with Crippen LogP contribution < -0.4 is 10.1 Å². The highest BCUT2D eigenvalue weighted by atomic mass is 16.5. The van der Waals surface area contributed by atoms with Crippen LogP contribution in [0.3, 0.4) is 0 Å². The zero-order chi connectivity index (χ0) is 16.7. The molecule has 0 spiro atoms. The van der Waals surface area contributed by atoms with Crippen LogP contribution >= 0.6 is 0 Å². The van der Waals surface area contributed by atoms with E-state index in [1.165, 1.54) is 6.92 Å². The van der Waals surface area contributed by atoms with Crippen LogP contribution in [0.4, 0.5) is 5.69 Å². The molecule has 7 heteroatoms. The highest BCUT2D eigenvalue weighted by molar-refractivity contribution is 5.88. The Bertz CT molecular complexity index is 926. The number of rotatable bonds is 2. The quantitative estimate of drug-likeness (QED) is 0.784. The van der Waals surface area contributed by atoms with E-state index < -0.39 is 0 Å². The molecule has 1 aliphatic rings. The molecule has 1 amide bonds. The number of fused-ring (bicyclic) bond motifs is 2. The van der Waals surface area contributed by atoms with E-state index in [2.05, 4.69) is 15.6 Å². The Labute approximate surface area is 138 Å². The summed E-state index contributed by atoms with van der Waals surface area (Å²) in [6.45, 7) is 4.36. The zero-order valence-corrected chi connectivity index (χ0v) is 13.4. The van der Waals surface area contributed by atoms with Crippen molar-refractivity contribution < 1.29 is 14.1 Å². The van der Waals surface area contributed by atoms with Crippen molar-refractivity contribution in [2.45, 2.75) is 27.0 Å². The van der Waals surface area contributed by atoms with Gasteiger partial charge in [-0.2, -0.15) is 5.10 Å². The lowest BCUT2D eigenvalue weighted by Gasteiger charge is -2.09. The maximum atomic E-state index is 11.2. The first-order valence-corrected chi connectivity index (χ1v) is 7.62. The first kappa shape index (κ1) is 14.5. The fourth-order valence-electron chi connectivity index (χ4n) is 2.80. The number of hydrogen-bond donors (Lipinski definition) is 1. The van der Waals surface area contributed by atoms with Gasteiger partial charge in [0.2, 0.25) is 5.91 Å². The number of carbonyl (C=O) groups is 1. The summed E-state index contributed by atoms with van der Waals surface area (Å²) in [6.07, 6.45) is 1.67. The average molecular weight is 324 g/mol. The van der Waals surface area contributed by atoms with Gasteiger partial charge in [0.15, 0.2) is 0 Å². The van der Waals surface area contributed by atoms with Gasteiger partial charge in [0.25, 0.3) is 0 Å². The number of amides is 1. The van der Waals surface area contributed by atoms with Crippen molar-refractivity contribution in [1.29, 1.82) is 0 Å². The molecule has 0 unspecified atom stereocenters. The van der Waals surface area contributed by atoms with Crippen LogP contribution in [0.1, 0.15) is 23.9 Å². The van der Waals surface area contributed by atoms with Crippen molar-refractivity contribution in [1.82, 2.24) is 14.9 Å². The van der Waals surface area contributed by atoms with Crippen molar-refractivity contribution in [3.63, 3.8) is 0 Å². The molecule has 3 aromatic rings. The summed E-state index contributed by atoms with van der Waals surface area (Å²) in [4.78, 5) is 11.2. The predicted molar refractivity (Wildman–Crippen MR) is 86.6 cm³/mol. The molecule has 4 rings (SSSR count). The Morgan fingerprint density at radius 3 is 2.96 bits per heavy atom. The van der Waals surface area contributed by atoms with E-state index in [0.717, 1.165) is 39.7 Å². The third-order valence-corrected chi connectivity index (χ3v) is 3.97. The molecule has 0 saturated heterocycles. The number of nitrogens with one attached hydrogen (secondary N) is 1. The maximum Gasteiger partial charge on any atom is 0.221 e. The Morgan fingerprint density at radius 1 is 1.33 bits per heavy atom. The van der Waals surface area contributed by atoms with Crippen molar-refractivity contribution in [3.05, 3.63) is 47.5 Å². The number of benzene rings is 1. The van der Waals surface area contributed by atoms with Crippen LogP contribution in [-0.2, 0) is 17.9 Å². The second-order valence-corrected chi connectivity index (χ2v) is 5.77. The number of nitrogens with zero attached hydrogens (tertiary/aromatic N) is 3. The van der Waals surface area contributed by atoms with Gasteiger partial charge >= 0.3 is 0 Å². The first-order valence-electron chi connectivity index (χ1n) is 7.62. The lowest BCUT2D eigenvalue weighted by atomic mass is 10.2. The minimum absolute atomic E-state index is 0.106. The van der Waals surface area contributed by atoms with Crippen molar-refractivity contribution in [3.8, 4) is 17.0 Å². The lowest BCUT2D eigenvalue weighted by molar-refractivity contribution is -0.114. The number of hydrogen-bond acceptors (Lipinski definition) is 5. The van der Waals surface area contributed by atoms with Crippen LogP contribution in [0, 0.1) is 6.92 Å². The van der Waals surface area contributed by atoms with Gasteiger partial charge in [-0.1, -0.05) is 11.2 Å². The van der Waals surface area contributed by atoms with Crippen molar-refractivity contribution in [2.75, 3.05) is 5.32 Å². The SMILES string of the molecule is CC(=O)Nc1ccc2c(c1)OCc1cc(-c3cnoc3C)nn1C2. The summed E-state index contributed by atoms with van der Waals surface area (Å²) in [5.74, 6) is 1.39. The Balaban J connectivity index is 1.66. The molecule has 0 radical (unpaired) electrons. The molecule has 0 atom stereocenters. The third kappa shape index (κ3) is 2.54. The largest absolute Gasteiger partial charge is 0.487 e. The lowest BCUT2D eigenvalue weighted by Crippen LogP contribution is -2.06. The zero-order valence-electron chi connectivity index (χ0n) is 13.4. The Hall–Kier alpha value is -3.09. The van der Waals surface area contributed by atoms with Gasteiger partial charge in [-0.15, -0.1) is 0 Å².